The molecule has 30 heavy (non-hydrogen) atoms. The number of carbonyl (C=O) groups excluding carboxylic acids is 1. The second-order valence-electron chi connectivity index (χ2n) is 7.34. The third-order valence-electron chi connectivity index (χ3n) is 5.37. The van der Waals surface area contributed by atoms with Gasteiger partial charge >= 0.3 is 0 Å². The van der Waals surface area contributed by atoms with Gasteiger partial charge in [-0.3, -0.25) is 4.79 Å². The van der Waals surface area contributed by atoms with Crippen molar-refractivity contribution in [2.45, 2.75) is 11.5 Å². The first-order valence-electron chi connectivity index (χ1n) is 9.85. The van der Waals surface area contributed by atoms with Gasteiger partial charge in [0.25, 0.3) is 5.91 Å². The molecule has 3 aromatic rings. The van der Waals surface area contributed by atoms with E-state index in [0.29, 0.717) is 25.3 Å². The minimum atomic E-state index is -3.60. The molecule has 0 radical (unpaired) electrons. The number of piperazine rings is 1. The zero-order valence-corrected chi connectivity index (χ0v) is 17.6. The SMILES string of the molecule is COCc1cccc(C(=O)N2CCN(S(=O)(=O)c3ccc4ccccc4c3)CC2)c1. The lowest BCUT2D eigenvalue weighted by atomic mass is 10.1. The van der Waals surface area contributed by atoms with Crippen LogP contribution in [0.1, 0.15) is 15.9 Å². The molecule has 1 aliphatic rings. The average molecular weight is 425 g/mol. The summed E-state index contributed by atoms with van der Waals surface area (Å²) < 4.78 is 32.8. The molecule has 4 rings (SSSR count). The molecule has 0 atom stereocenters. The molecule has 0 N–H and O–H groups in total. The first-order chi connectivity index (χ1) is 14.5. The number of hydrogen-bond acceptors (Lipinski definition) is 4. The molecule has 0 aliphatic carbocycles. The maximum atomic E-state index is 13.1. The second kappa shape index (κ2) is 8.55. The van der Waals surface area contributed by atoms with Crippen molar-refractivity contribution < 1.29 is 17.9 Å². The number of ether oxygens (including phenoxy) is 1. The number of rotatable bonds is 5. The molecule has 0 unspecified atom stereocenters. The Balaban J connectivity index is 1.46. The van der Waals surface area contributed by atoms with E-state index in [1.54, 1.807) is 30.2 Å². The van der Waals surface area contributed by atoms with Crippen molar-refractivity contribution in [3.05, 3.63) is 77.9 Å². The van der Waals surface area contributed by atoms with Crippen LogP contribution in [0.4, 0.5) is 0 Å². The van der Waals surface area contributed by atoms with Crippen molar-refractivity contribution in [3.63, 3.8) is 0 Å². The summed E-state index contributed by atoms with van der Waals surface area (Å²) in [7, 11) is -1.99. The van der Waals surface area contributed by atoms with E-state index in [9.17, 15) is 13.2 Å². The van der Waals surface area contributed by atoms with Gasteiger partial charge in [0.05, 0.1) is 11.5 Å². The summed E-state index contributed by atoms with van der Waals surface area (Å²) in [6.45, 7) is 1.72. The van der Waals surface area contributed by atoms with Crippen LogP contribution < -0.4 is 0 Å². The molecular formula is C23H24N2O4S. The topological polar surface area (TPSA) is 66.9 Å². The summed E-state index contributed by atoms with van der Waals surface area (Å²) in [6, 6.07) is 20.2. The van der Waals surface area contributed by atoms with Crippen molar-refractivity contribution in [2.75, 3.05) is 33.3 Å². The normalized spacial score (nSPS) is 15.4. The van der Waals surface area contributed by atoms with Gasteiger partial charge in [-0.15, -0.1) is 0 Å². The van der Waals surface area contributed by atoms with Gasteiger partial charge in [0.2, 0.25) is 10.0 Å². The number of amides is 1. The van der Waals surface area contributed by atoms with Crippen LogP contribution in [0.5, 0.6) is 0 Å². The Bertz CT molecular complexity index is 1170. The van der Waals surface area contributed by atoms with Crippen molar-refractivity contribution in [1.29, 1.82) is 0 Å². The predicted octanol–water partition coefficient (Wildman–Crippen LogP) is 3.13. The van der Waals surface area contributed by atoms with Crippen LogP contribution in [0.15, 0.2) is 71.6 Å². The molecular weight excluding hydrogens is 400 g/mol. The predicted molar refractivity (Wildman–Crippen MR) is 116 cm³/mol. The molecule has 1 heterocycles. The minimum absolute atomic E-state index is 0.0873. The van der Waals surface area contributed by atoms with E-state index < -0.39 is 10.0 Å². The summed E-state index contributed by atoms with van der Waals surface area (Å²) in [5, 5.41) is 1.89. The highest BCUT2D eigenvalue weighted by Gasteiger charge is 2.30. The van der Waals surface area contributed by atoms with Crippen molar-refractivity contribution in [1.82, 2.24) is 9.21 Å². The fourth-order valence-corrected chi connectivity index (χ4v) is 5.21. The number of methoxy groups -OCH3 is 1. The fourth-order valence-electron chi connectivity index (χ4n) is 3.75. The first kappa shape index (κ1) is 20.5. The third-order valence-corrected chi connectivity index (χ3v) is 7.26. The Morgan fingerprint density at radius 2 is 1.63 bits per heavy atom. The fraction of sp³-hybridized carbons (Fsp3) is 0.261. The number of nitrogens with zero attached hydrogens (tertiary/aromatic N) is 2. The smallest absolute Gasteiger partial charge is 0.253 e. The molecule has 1 amide bonds. The lowest BCUT2D eigenvalue weighted by molar-refractivity contribution is 0.0697. The van der Waals surface area contributed by atoms with E-state index in [4.69, 9.17) is 4.74 Å². The molecule has 0 spiro atoms. The van der Waals surface area contributed by atoms with Crippen LogP contribution in [0.3, 0.4) is 0 Å². The highest BCUT2D eigenvalue weighted by molar-refractivity contribution is 7.89. The molecule has 1 saturated heterocycles. The zero-order valence-electron chi connectivity index (χ0n) is 16.8. The highest BCUT2D eigenvalue weighted by Crippen LogP contribution is 2.23. The van der Waals surface area contributed by atoms with E-state index in [-0.39, 0.29) is 23.9 Å². The summed E-state index contributed by atoms with van der Waals surface area (Å²) in [5.41, 5.74) is 1.52. The molecule has 6 nitrogen and oxygen atoms in total. The third kappa shape index (κ3) is 4.09. The minimum Gasteiger partial charge on any atom is -0.380 e. The molecule has 0 bridgehead atoms. The Morgan fingerprint density at radius 3 is 2.37 bits per heavy atom. The van der Waals surface area contributed by atoms with Crippen LogP contribution in [-0.2, 0) is 21.4 Å². The molecule has 3 aromatic carbocycles. The maximum absolute atomic E-state index is 13.1. The van der Waals surface area contributed by atoms with Gasteiger partial charge in [-0.05, 0) is 40.6 Å². The van der Waals surface area contributed by atoms with E-state index in [1.807, 2.05) is 48.5 Å². The van der Waals surface area contributed by atoms with Crippen molar-refractivity contribution in [3.8, 4) is 0 Å². The number of hydrogen-bond donors (Lipinski definition) is 0. The summed E-state index contributed by atoms with van der Waals surface area (Å²) >= 11 is 0. The Morgan fingerprint density at radius 1 is 0.900 bits per heavy atom. The van der Waals surface area contributed by atoms with Gasteiger partial charge < -0.3 is 9.64 Å². The Labute approximate surface area is 176 Å². The van der Waals surface area contributed by atoms with Gasteiger partial charge in [0.15, 0.2) is 0 Å². The maximum Gasteiger partial charge on any atom is 0.253 e. The number of sulfonamides is 1. The summed E-state index contributed by atoms with van der Waals surface area (Å²) in [6.07, 6.45) is 0. The first-order valence-corrected chi connectivity index (χ1v) is 11.3. The van der Waals surface area contributed by atoms with Crippen molar-refractivity contribution >= 4 is 26.7 Å². The average Bonchev–Trinajstić information content (AvgIpc) is 2.79. The number of fused-ring (bicyclic) bond motifs is 1. The Kier molecular flexibility index (Phi) is 5.85. The Hall–Kier alpha value is -2.74. The highest BCUT2D eigenvalue weighted by atomic mass is 32.2. The molecule has 0 aromatic heterocycles. The van der Waals surface area contributed by atoms with Crippen LogP contribution >= 0.6 is 0 Å². The monoisotopic (exact) mass is 424 g/mol. The van der Waals surface area contributed by atoms with Gasteiger partial charge in [-0.2, -0.15) is 4.31 Å². The van der Waals surface area contributed by atoms with E-state index in [0.717, 1.165) is 16.3 Å². The van der Waals surface area contributed by atoms with Gasteiger partial charge in [-0.25, -0.2) is 8.42 Å². The second-order valence-corrected chi connectivity index (χ2v) is 9.28. The van der Waals surface area contributed by atoms with E-state index in [1.165, 1.54) is 4.31 Å². The number of benzene rings is 3. The van der Waals surface area contributed by atoms with Gasteiger partial charge in [0.1, 0.15) is 0 Å². The summed E-state index contributed by atoms with van der Waals surface area (Å²) in [5.74, 6) is -0.0873. The standard InChI is InChI=1S/C23H24N2O4S/c1-29-17-18-5-4-8-21(15-18)23(26)24-11-13-25(14-12-24)30(27,28)22-10-9-19-6-2-3-7-20(19)16-22/h2-10,15-16H,11-14,17H2,1H3. The van der Waals surface area contributed by atoms with Crippen molar-refractivity contribution in [2.24, 2.45) is 0 Å². The summed E-state index contributed by atoms with van der Waals surface area (Å²) in [4.78, 5) is 14.8. The molecule has 0 saturated carbocycles. The number of carbonyl (C=O) groups is 1. The largest absolute Gasteiger partial charge is 0.380 e. The van der Waals surface area contributed by atoms with Crippen LogP contribution in [-0.4, -0.2) is 56.8 Å². The molecule has 1 fully saturated rings. The van der Waals surface area contributed by atoms with Crippen LogP contribution in [0, 0.1) is 0 Å². The lowest BCUT2D eigenvalue weighted by Gasteiger charge is -2.34. The lowest BCUT2D eigenvalue weighted by Crippen LogP contribution is -2.50. The molecule has 7 heteroatoms. The zero-order chi connectivity index (χ0) is 21.1. The van der Waals surface area contributed by atoms with Crippen LogP contribution in [0.25, 0.3) is 10.8 Å². The quantitative estimate of drug-likeness (QED) is 0.631. The molecule has 156 valence electrons. The molecule has 1 aliphatic heterocycles. The van der Waals surface area contributed by atoms with Gasteiger partial charge in [0, 0.05) is 38.9 Å². The van der Waals surface area contributed by atoms with E-state index >= 15 is 0 Å². The van der Waals surface area contributed by atoms with E-state index in [2.05, 4.69) is 0 Å². The van der Waals surface area contributed by atoms with Gasteiger partial charge in [-0.1, -0.05) is 42.5 Å². The van der Waals surface area contributed by atoms with Crippen LogP contribution in [0.2, 0.25) is 0 Å².